The first-order chi connectivity index (χ1) is 8.66. The van der Waals surface area contributed by atoms with Gasteiger partial charge in [0.1, 0.15) is 16.7 Å². The maximum absolute atomic E-state index is 6.07. The fourth-order valence-electron chi connectivity index (χ4n) is 2.02. The molecule has 2 N–H and O–H groups in total. The van der Waals surface area contributed by atoms with Crippen molar-refractivity contribution in [1.29, 1.82) is 0 Å². The zero-order valence-electron chi connectivity index (χ0n) is 10.4. The van der Waals surface area contributed by atoms with Crippen molar-refractivity contribution in [3.8, 4) is 5.69 Å². The lowest BCUT2D eigenvalue weighted by Crippen LogP contribution is -2.04. The molecule has 0 radical (unpaired) electrons. The standard InChI is InChI=1S/C14H14N4/c1-9-5-4-8-12(13(9)15)18-16-11-7-3-6-10(2)14(11)17-18/h3-8H,15H2,1-2H3. The molecule has 0 saturated heterocycles. The zero-order chi connectivity index (χ0) is 12.7. The molecule has 0 fully saturated rings. The van der Waals surface area contributed by atoms with Crippen LogP contribution in [-0.2, 0) is 0 Å². The Hall–Kier alpha value is -2.36. The molecular formula is C14H14N4. The van der Waals surface area contributed by atoms with Crippen LogP contribution in [0.5, 0.6) is 0 Å². The Morgan fingerprint density at radius 2 is 1.67 bits per heavy atom. The first-order valence-electron chi connectivity index (χ1n) is 5.85. The third-order valence-electron chi connectivity index (χ3n) is 3.13. The Morgan fingerprint density at radius 3 is 2.44 bits per heavy atom. The van der Waals surface area contributed by atoms with Crippen molar-refractivity contribution in [3.05, 3.63) is 47.5 Å². The number of nitrogen functional groups attached to an aromatic ring is 1. The number of anilines is 1. The van der Waals surface area contributed by atoms with Crippen LogP contribution in [0.3, 0.4) is 0 Å². The van der Waals surface area contributed by atoms with E-state index in [2.05, 4.69) is 10.2 Å². The molecule has 0 atom stereocenters. The number of nitrogens with two attached hydrogens (primary N) is 1. The van der Waals surface area contributed by atoms with Crippen molar-refractivity contribution < 1.29 is 0 Å². The van der Waals surface area contributed by atoms with Crippen molar-refractivity contribution in [2.24, 2.45) is 0 Å². The predicted molar refractivity (Wildman–Crippen MR) is 72.8 cm³/mol. The van der Waals surface area contributed by atoms with Gasteiger partial charge < -0.3 is 5.73 Å². The van der Waals surface area contributed by atoms with Crippen LogP contribution in [-0.4, -0.2) is 15.0 Å². The van der Waals surface area contributed by atoms with Crippen LogP contribution < -0.4 is 5.73 Å². The largest absolute Gasteiger partial charge is 0.397 e. The molecule has 1 aromatic heterocycles. The van der Waals surface area contributed by atoms with Crippen LogP contribution in [0.4, 0.5) is 5.69 Å². The number of nitrogens with zero attached hydrogens (tertiary/aromatic N) is 3. The van der Waals surface area contributed by atoms with E-state index < -0.39 is 0 Å². The first kappa shape index (κ1) is 10.8. The average Bonchev–Trinajstić information content (AvgIpc) is 2.78. The van der Waals surface area contributed by atoms with Crippen LogP contribution in [0.15, 0.2) is 36.4 Å². The third-order valence-corrected chi connectivity index (χ3v) is 3.13. The second kappa shape index (κ2) is 3.84. The fraction of sp³-hybridized carbons (Fsp3) is 0.143. The first-order valence-corrected chi connectivity index (χ1v) is 5.85. The summed E-state index contributed by atoms with van der Waals surface area (Å²) in [7, 11) is 0. The molecule has 0 saturated carbocycles. The Kier molecular flexibility index (Phi) is 2.30. The van der Waals surface area contributed by atoms with Gasteiger partial charge in [-0.25, -0.2) is 0 Å². The Balaban J connectivity index is 2.26. The molecule has 18 heavy (non-hydrogen) atoms. The van der Waals surface area contributed by atoms with Gasteiger partial charge in [0.15, 0.2) is 0 Å². The smallest absolute Gasteiger partial charge is 0.116 e. The number of para-hydroxylation sites is 1. The molecule has 0 aliphatic rings. The van der Waals surface area contributed by atoms with Gasteiger partial charge in [-0.1, -0.05) is 24.3 Å². The van der Waals surface area contributed by atoms with Gasteiger partial charge in [-0.2, -0.15) is 0 Å². The minimum absolute atomic E-state index is 0.718. The zero-order valence-corrected chi connectivity index (χ0v) is 10.4. The maximum atomic E-state index is 6.07. The molecule has 0 unspecified atom stereocenters. The van der Waals surface area contributed by atoms with Crippen molar-refractivity contribution in [2.45, 2.75) is 13.8 Å². The second-order valence-corrected chi connectivity index (χ2v) is 4.44. The van der Waals surface area contributed by atoms with E-state index in [4.69, 9.17) is 5.73 Å². The molecule has 1 heterocycles. The van der Waals surface area contributed by atoms with Crippen LogP contribution in [0.2, 0.25) is 0 Å². The van der Waals surface area contributed by atoms with Gasteiger partial charge in [-0.3, -0.25) is 0 Å². The van der Waals surface area contributed by atoms with E-state index in [1.54, 1.807) is 4.80 Å². The number of benzene rings is 2. The number of rotatable bonds is 1. The average molecular weight is 238 g/mol. The van der Waals surface area contributed by atoms with Crippen LogP contribution in [0, 0.1) is 13.8 Å². The van der Waals surface area contributed by atoms with Crippen molar-refractivity contribution in [2.75, 3.05) is 5.73 Å². The minimum atomic E-state index is 0.718. The molecular weight excluding hydrogens is 224 g/mol. The third kappa shape index (κ3) is 1.54. The van der Waals surface area contributed by atoms with Crippen molar-refractivity contribution >= 4 is 16.7 Å². The normalized spacial score (nSPS) is 11.0. The molecule has 4 nitrogen and oxygen atoms in total. The summed E-state index contributed by atoms with van der Waals surface area (Å²) in [6.07, 6.45) is 0. The maximum Gasteiger partial charge on any atom is 0.116 e. The van der Waals surface area contributed by atoms with Gasteiger partial charge in [0.25, 0.3) is 0 Å². The summed E-state index contributed by atoms with van der Waals surface area (Å²) in [4.78, 5) is 1.61. The Bertz CT molecular complexity index is 728. The summed E-state index contributed by atoms with van der Waals surface area (Å²) in [6, 6.07) is 11.8. The lowest BCUT2D eigenvalue weighted by molar-refractivity contribution is 0.766. The van der Waals surface area contributed by atoms with E-state index in [0.717, 1.165) is 33.5 Å². The van der Waals surface area contributed by atoms with Gasteiger partial charge in [0.05, 0.1) is 5.69 Å². The number of hydrogen-bond donors (Lipinski definition) is 1. The van der Waals surface area contributed by atoms with Crippen LogP contribution in [0.25, 0.3) is 16.7 Å². The molecule has 90 valence electrons. The number of aryl methyl sites for hydroxylation is 2. The minimum Gasteiger partial charge on any atom is -0.397 e. The number of fused-ring (bicyclic) bond motifs is 1. The van der Waals surface area contributed by atoms with Crippen molar-refractivity contribution in [1.82, 2.24) is 15.0 Å². The highest BCUT2D eigenvalue weighted by atomic mass is 15.5. The molecule has 2 aromatic carbocycles. The van der Waals surface area contributed by atoms with Gasteiger partial charge >= 0.3 is 0 Å². The lowest BCUT2D eigenvalue weighted by Gasteiger charge is -2.05. The molecule has 0 aliphatic carbocycles. The van der Waals surface area contributed by atoms with E-state index in [0.29, 0.717) is 0 Å². The molecule has 0 aliphatic heterocycles. The molecule has 4 heteroatoms. The topological polar surface area (TPSA) is 56.7 Å². The number of hydrogen-bond acceptors (Lipinski definition) is 3. The highest BCUT2D eigenvalue weighted by molar-refractivity contribution is 5.77. The molecule has 0 bridgehead atoms. The molecule has 0 amide bonds. The highest BCUT2D eigenvalue weighted by Crippen LogP contribution is 2.21. The molecule has 3 aromatic rings. The number of aromatic nitrogens is 3. The van der Waals surface area contributed by atoms with E-state index in [9.17, 15) is 0 Å². The molecule has 0 spiro atoms. The molecule has 3 rings (SSSR count). The van der Waals surface area contributed by atoms with E-state index in [1.807, 2.05) is 50.2 Å². The summed E-state index contributed by atoms with van der Waals surface area (Å²) in [5.74, 6) is 0. The van der Waals surface area contributed by atoms with E-state index in [-0.39, 0.29) is 0 Å². The Labute approximate surface area is 105 Å². The summed E-state index contributed by atoms with van der Waals surface area (Å²) in [6.45, 7) is 4.01. The van der Waals surface area contributed by atoms with Gasteiger partial charge in [0, 0.05) is 0 Å². The van der Waals surface area contributed by atoms with Gasteiger partial charge in [0.2, 0.25) is 0 Å². The van der Waals surface area contributed by atoms with Crippen LogP contribution >= 0.6 is 0 Å². The summed E-state index contributed by atoms with van der Waals surface area (Å²) >= 11 is 0. The Morgan fingerprint density at radius 1 is 0.944 bits per heavy atom. The van der Waals surface area contributed by atoms with E-state index >= 15 is 0 Å². The highest BCUT2D eigenvalue weighted by Gasteiger charge is 2.09. The quantitative estimate of drug-likeness (QED) is 0.663. The predicted octanol–water partition coefficient (Wildman–Crippen LogP) is 2.62. The lowest BCUT2D eigenvalue weighted by atomic mass is 10.2. The summed E-state index contributed by atoms with van der Waals surface area (Å²) in [5, 5.41) is 8.98. The van der Waals surface area contributed by atoms with E-state index in [1.165, 1.54) is 0 Å². The SMILES string of the molecule is Cc1cccc(-n2nc3cccc(C)c3n2)c1N. The van der Waals surface area contributed by atoms with Crippen LogP contribution in [0.1, 0.15) is 11.1 Å². The van der Waals surface area contributed by atoms with Gasteiger partial charge in [-0.15, -0.1) is 15.0 Å². The second-order valence-electron chi connectivity index (χ2n) is 4.44. The summed E-state index contributed by atoms with van der Waals surface area (Å²) in [5.41, 5.74) is 11.6. The van der Waals surface area contributed by atoms with Gasteiger partial charge in [-0.05, 0) is 37.1 Å². The summed E-state index contributed by atoms with van der Waals surface area (Å²) < 4.78 is 0. The van der Waals surface area contributed by atoms with Crippen molar-refractivity contribution in [3.63, 3.8) is 0 Å². The fourth-order valence-corrected chi connectivity index (χ4v) is 2.02. The monoisotopic (exact) mass is 238 g/mol.